The summed E-state index contributed by atoms with van der Waals surface area (Å²) in [5.74, 6) is 0. The fourth-order valence-corrected chi connectivity index (χ4v) is 2.19. The van der Waals surface area contributed by atoms with E-state index >= 15 is 0 Å². The minimum atomic E-state index is -0.247. The molecule has 0 saturated carbocycles. The molecule has 0 aliphatic carbocycles. The summed E-state index contributed by atoms with van der Waals surface area (Å²) in [6, 6.07) is 0.151. The first-order valence-electron chi connectivity index (χ1n) is 6.29. The van der Waals surface area contributed by atoms with Crippen molar-refractivity contribution < 1.29 is 4.79 Å². The Balaban J connectivity index is 2.68. The van der Waals surface area contributed by atoms with Crippen LogP contribution >= 0.6 is 0 Å². The largest absolute Gasteiger partial charge is 0.328 e. The zero-order chi connectivity index (χ0) is 12.2. The van der Waals surface area contributed by atoms with Gasteiger partial charge in [0.15, 0.2) is 0 Å². The van der Waals surface area contributed by atoms with Crippen molar-refractivity contribution in [3.63, 3.8) is 0 Å². The van der Waals surface area contributed by atoms with Gasteiger partial charge in [-0.3, -0.25) is 0 Å². The van der Waals surface area contributed by atoms with E-state index in [0.29, 0.717) is 6.54 Å². The molecule has 2 amide bonds. The van der Waals surface area contributed by atoms with E-state index in [1.165, 1.54) is 6.42 Å². The number of rotatable bonds is 3. The number of amides is 2. The van der Waals surface area contributed by atoms with Crippen LogP contribution in [0.15, 0.2) is 0 Å². The van der Waals surface area contributed by atoms with Gasteiger partial charge in [0.2, 0.25) is 0 Å². The van der Waals surface area contributed by atoms with E-state index in [1.807, 2.05) is 30.6 Å². The number of urea groups is 1. The topological polar surface area (TPSA) is 49.6 Å². The second-order valence-electron chi connectivity index (χ2n) is 5.09. The number of piperidine rings is 1. The van der Waals surface area contributed by atoms with Crippen LogP contribution in [-0.4, -0.2) is 47.5 Å². The summed E-state index contributed by atoms with van der Waals surface area (Å²) >= 11 is 0. The standard InChI is InChI=1S/C12H25N3O/c1-4-15(12(2,3)10-13)11(16)14-8-6-5-7-9-14/h4-10,13H2,1-3H3. The summed E-state index contributed by atoms with van der Waals surface area (Å²) < 4.78 is 0. The average Bonchev–Trinajstić information content (AvgIpc) is 2.30. The predicted octanol–water partition coefficient (Wildman–Crippen LogP) is 1.65. The number of carbonyl (C=O) groups is 1. The van der Waals surface area contributed by atoms with Crippen molar-refractivity contribution in [1.29, 1.82) is 0 Å². The molecule has 0 atom stereocenters. The number of hydrogen-bond acceptors (Lipinski definition) is 2. The highest BCUT2D eigenvalue weighted by molar-refractivity contribution is 5.75. The SMILES string of the molecule is CCN(C(=O)N1CCCCC1)C(C)(C)CN. The van der Waals surface area contributed by atoms with Crippen LogP contribution < -0.4 is 5.73 Å². The molecule has 0 radical (unpaired) electrons. The van der Waals surface area contributed by atoms with Crippen LogP contribution in [0.4, 0.5) is 4.79 Å². The van der Waals surface area contributed by atoms with Crippen LogP contribution in [0.5, 0.6) is 0 Å². The Morgan fingerprint density at radius 3 is 2.31 bits per heavy atom. The van der Waals surface area contributed by atoms with Crippen molar-refractivity contribution in [3.05, 3.63) is 0 Å². The molecule has 1 heterocycles. The first-order chi connectivity index (χ1) is 7.53. The van der Waals surface area contributed by atoms with E-state index in [-0.39, 0.29) is 11.6 Å². The van der Waals surface area contributed by atoms with Gasteiger partial charge in [-0.25, -0.2) is 4.79 Å². The summed E-state index contributed by atoms with van der Waals surface area (Å²) in [6.45, 7) is 9.09. The van der Waals surface area contributed by atoms with Crippen LogP contribution in [-0.2, 0) is 0 Å². The van der Waals surface area contributed by atoms with Gasteiger partial charge in [0.25, 0.3) is 0 Å². The number of nitrogens with two attached hydrogens (primary N) is 1. The molecule has 94 valence electrons. The summed E-state index contributed by atoms with van der Waals surface area (Å²) in [5, 5.41) is 0. The van der Waals surface area contributed by atoms with Crippen LogP contribution in [0.25, 0.3) is 0 Å². The molecule has 4 heteroatoms. The number of likely N-dealkylation sites (N-methyl/N-ethyl adjacent to an activating group) is 1. The van der Waals surface area contributed by atoms with Gasteiger partial charge in [-0.15, -0.1) is 0 Å². The van der Waals surface area contributed by atoms with Crippen molar-refractivity contribution in [3.8, 4) is 0 Å². The van der Waals surface area contributed by atoms with Gasteiger partial charge in [-0.05, 0) is 40.0 Å². The van der Waals surface area contributed by atoms with E-state index < -0.39 is 0 Å². The van der Waals surface area contributed by atoms with E-state index in [2.05, 4.69) is 0 Å². The van der Waals surface area contributed by atoms with Crippen molar-refractivity contribution in [2.75, 3.05) is 26.2 Å². The zero-order valence-electron chi connectivity index (χ0n) is 10.8. The van der Waals surface area contributed by atoms with E-state index in [4.69, 9.17) is 5.73 Å². The second kappa shape index (κ2) is 5.53. The maximum Gasteiger partial charge on any atom is 0.320 e. The van der Waals surface area contributed by atoms with Crippen molar-refractivity contribution in [2.24, 2.45) is 5.73 Å². The minimum absolute atomic E-state index is 0.151. The first kappa shape index (κ1) is 13.3. The molecule has 0 spiro atoms. The number of carbonyl (C=O) groups excluding carboxylic acids is 1. The molecule has 0 aromatic heterocycles. The third-order valence-corrected chi connectivity index (χ3v) is 3.40. The van der Waals surface area contributed by atoms with Gasteiger partial charge in [0.1, 0.15) is 0 Å². The minimum Gasteiger partial charge on any atom is -0.328 e. The highest BCUT2D eigenvalue weighted by Gasteiger charge is 2.31. The number of hydrogen-bond donors (Lipinski definition) is 1. The molecular formula is C12H25N3O. The average molecular weight is 227 g/mol. The molecule has 1 aliphatic heterocycles. The maximum atomic E-state index is 12.3. The maximum absolute atomic E-state index is 12.3. The van der Waals surface area contributed by atoms with Gasteiger partial charge in [0.05, 0.1) is 5.54 Å². The number of nitrogens with zero attached hydrogens (tertiary/aromatic N) is 2. The lowest BCUT2D eigenvalue weighted by Gasteiger charge is -2.41. The second-order valence-corrected chi connectivity index (χ2v) is 5.09. The Bertz CT molecular complexity index is 234. The molecule has 16 heavy (non-hydrogen) atoms. The Kier molecular flexibility index (Phi) is 4.59. The molecule has 1 aliphatic rings. The van der Waals surface area contributed by atoms with Crippen LogP contribution in [0.2, 0.25) is 0 Å². The molecule has 0 unspecified atom stereocenters. The lowest BCUT2D eigenvalue weighted by atomic mass is 10.0. The lowest BCUT2D eigenvalue weighted by molar-refractivity contribution is 0.102. The van der Waals surface area contributed by atoms with Crippen molar-refractivity contribution >= 4 is 6.03 Å². The van der Waals surface area contributed by atoms with Crippen molar-refractivity contribution in [2.45, 2.75) is 45.6 Å². The van der Waals surface area contributed by atoms with Crippen LogP contribution in [0, 0.1) is 0 Å². The molecule has 2 N–H and O–H groups in total. The molecular weight excluding hydrogens is 202 g/mol. The number of likely N-dealkylation sites (tertiary alicyclic amines) is 1. The molecule has 1 rings (SSSR count). The summed E-state index contributed by atoms with van der Waals surface area (Å²) in [7, 11) is 0. The van der Waals surface area contributed by atoms with Crippen LogP contribution in [0.1, 0.15) is 40.0 Å². The van der Waals surface area contributed by atoms with Gasteiger partial charge >= 0.3 is 6.03 Å². The summed E-state index contributed by atoms with van der Waals surface area (Å²) in [5.41, 5.74) is 5.49. The van der Waals surface area contributed by atoms with Gasteiger partial charge in [0, 0.05) is 26.2 Å². The highest BCUT2D eigenvalue weighted by Crippen LogP contribution is 2.18. The molecule has 0 aromatic carbocycles. The molecule has 0 bridgehead atoms. The Morgan fingerprint density at radius 1 is 1.31 bits per heavy atom. The van der Waals surface area contributed by atoms with Gasteiger partial charge in [-0.1, -0.05) is 0 Å². The fraction of sp³-hybridized carbons (Fsp3) is 0.917. The fourth-order valence-electron chi connectivity index (χ4n) is 2.19. The normalized spacial score (nSPS) is 17.4. The van der Waals surface area contributed by atoms with E-state index in [1.54, 1.807) is 0 Å². The Hall–Kier alpha value is -0.770. The summed E-state index contributed by atoms with van der Waals surface area (Å²) in [4.78, 5) is 16.2. The molecule has 0 aromatic rings. The smallest absolute Gasteiger partial charge is 0.320 e. The highest BCUT2D eigenvalue weighted by atomic mass is 16.2. The molecule has 4 nitrogen and oxygen atoms in total. The lowest BCUT2D eigenvalue weighted by Crippen LogP contribution is -2.57. The first-order valence-corrected chi connectivity index (χ1v) is 6.29. The van der Waals surface area contributed by atoms with E-state index in [0.717, 1.165) is 32.5 Å². The third-order valence-electron chi connectivity index (χ3n) is 3.40. The monoisotopic (exact) mass is 227 g/mol. The third kappa shape index (κ3) is 2.88. The van der Waals surface area contributed by atoms with Crippen molar-refractivity contribution in [1.82, 2.24) is 9.80 Å². The predicted molar refractivity (Wildman–Crippen MR) is 66.3 cm³/mol. The van der Waals surface area contributed by atoms with Gasteiger partial charge < -0.3 is 15.5 Å². The van der Waals surface area contributed by atoms with E-state index in [9.17, 15) is 4.79 Å². The zero-order valence-corrected chi connectivity index (χ0v) is 10.8. The Morgan fingerprint density at radius 2 is 1.88 bits per heavy atom. The molecule has 1 saturated heterocycles. The quantitative estimate of drug-likeness (QED) is 0.797. The molecule has 1 fully saturated rings. The van der Waals surface area contributed by atoms with Crippen LogP contribution in [0.3, 0.4) is 0 Å². The Labute approximate surface area is 98.8 Å². The summed E-state index contributed by atoms with van der Waals surface area (Å²) in [6.07, 6.45) is 3.51. The van der Waals surface area contributed by atoms with Gasteiger partial charge in [-0.2, -0.15) is 0 Å².